The number of hydrogen-bond acceptors (Lipinski definition) is 3. The molecule has 14 heavy (non-hydrogen) atoms. The van der Waals surface area contributed by atoms with Gasteiger partial charge in [-0.3, -0.25) is 0 Å². The Kier molecular flexibility index (Phi) is 5.44. The second kappa shape index (κ2) is 5.56. The first-order valence-corrected chi connectivity index (χ1v) is 4.80. The number of benzene rings is 1. The monoisotopic (exact) mass is 280 g/mol. The SMILES string of the molecule is Cc1cc(Br)cc([C@@H](N)CN)c1O.Cl. The summed E-state index contributed by atoms with van der Waals surface area (Å²) >= 11 is 3.34. The average Bonchev–Trinajstić information content (AvgIpc) is 2.10. The van der Waals surface area contributed by atoms with Gasteiger partial charge in [-0.15, -0.1) is 12.4 Å². The van der Waals surface area contributed by atoms with E-state index in [9.17, 15) is 5.11 Å². The van der Waals surface area contributed by atoms with Crippen LogP contribution in [0.25, 0.3) is 0 Å². The largest absolute Gasteiger partial charge is 0.507 e. The molecule has 5 N–H and O–H groups in total. The van der Waals surface area contributed by atoms with Gasteiger partial charge in [0.15, 0.2) is 0 Å². The maximum absolute atomic E-state index is 9.67. The molecule has 1 aromatic carbocycles. The highest BCUT2D eigenvalue weighted by atomic mass is 79.9. The fourth-order valence-electron chi connectivity index (χ4n) is 1.17. The summed E-state index contributed by atoms with van der Waals surface area (Å²) in [5.74, 6) is 0.237. The zero-order valence-corrected chi connectivity index (χ0v) is 10.2. The smallest absolute Gasteiger partial charge is 0.123 e. The van der Waals surface area contributed by atoms with E-state index in [1.165, 1.54) is 0 Å². The predicted molar refractivity (Wildman–Crippen MR) is 63.8 cm³/mol. The van der Waals surface area contributed by atoms with Crippen LogP contribution in [0.2, 0.25) is 0 Å². The Morgan fingerprint density at radius 2 is 2.07 bits per heavy atom. The van der Waals surface area contributed by atoms with E-state index in [-0.39, 0.29) is 24.2 Å². The Hall–Kier alpha value is -0.290. The number of phenolic OH excluding ortho intramolecular Hbond substituents is 1. The minimum atomic E-state index is -0.309. The normalized spacial score (nSPS) is 12.0. The van der Waals surface area contributed by atoms with Gasteiger partial charge in [-0.2, -0.15) is 0 Å². The molecule has 0 unspecified atom stereocenters. The van der Waals surface area contributed by atoms with Crippen molar-refractivity contribution in [2.45, 2.75) is 13.0 Å². The molecule has 1 aromatic rings. The molecule has 0 fully saturated rings. The number of nitrogens with two attached hydrogens (primary N) is 2. The van der Waals surface area contributed by atoms with Gasteiger partial charge in [0.1, 0.15) is 5.75 Å². The Balaban J connectivity index is 0.00000169. The van der Waals surface area contributed by atoms with Crippen LogP contribution in [-0.2, 0) is 0 Å². The third kappa shape index (κ3) is 2.85. The lowest BCUT2D eigenvalue weighted by Gasteiger charge is -2.13. The van der Waals surface area contributed by atoms with E-state index in [0.717, 1.165) is 10.0 Å². The van der Waals surface area contributed by atoms with Gasteiger partial charge in [0.05, 0.1) is 0 Å². The van der Waals surface area contributed by atoms with E-state index in [4.69, 9.17) is 11.5 Å². The first-order valence-electron chi connectivity index (χ1n) is 4.01. The van der Waals surface area contributed by atoms with Gasteiger partial charge < -0.3 is 16.6 Å². The molecule has 1 rings (SSSR count). The standard InChI is InChI=1S/C9H13BrN2O.ClH/c1-5-2-6(10)3-7(9(5)13)8(12)4-11;/h2-3,8,13H,4,11-12H2,1H3;1H/t8-;/m0./s1. The fourth-order valence-corrected chi connectivity index (χ4v) is 1.76. The van der Waals surface area contributed by atoms with Crippen LogP contribution < -0.4 is 11.5 Å². The molecule has 0 aliphatic carbocycles. The lowest BCUT2D eigenvalue weighted by molar-refractivity contribution is 0.457. The van der Waals surface area contributed by atoms with E-state index in [0.29, 0.717) is 12.1 Å². The van der Waals surface area contributed by atoms with Gasteiger partial charge in [-0.05, 0) is 24.6 Å². The average molecular weight is 282 g/mol. The second-order valence-corrected chi connectivity index (χ2v) is 3.92. The van der Waals surface area contributed by atoms with Gasteiger partial charge in [-0.1, -0.05) is 15.9 Å². The highest BCUT2D eigenvalue weighted by Crippen LogP contribution is 2.29. The number of aromatic hydroxyl groups is 1. The molecular formula is C9H14BrClN2O. The quantitative estimate of drug-likeness (QED) is 0.774. The van der Waals surface area contributed by atoms with E-state index in [2.05, 4.69) is 15.9 Å². The molecule has 0 aliphatic heterocycles. The van der Waals surface area contributed by atoms with Gasteiger partial charge in [0.2, 0.25) is 0 Å². The summed E-state index contributed by atoms with van der Waals surface area (Å²) in [5, 5.41) is 9.67. The predicted octanol–water partition coefficient (Wildman–Crippen LogP) is 1.84. The summed E-state index contributed by atoms with van der Waals surface area (Å²) in [7, 11) is 0. The van der Waals surface area contributed by atoms with Crippen LogP contribution in [0.5, 0.6) is 5.75 Å². The van der Waals surface area contributed by atoms with Crippen molar-refractivity contribution in [1.82, 2.24) is 0 Å². The van der Waals surface area contributed by atoms with Crippen LogP contribution in [0.15, 0.2) is 16.6 Å². The molecule has 0 aliphatic rings. The Morgan fingerprint density at radius 1 is 1.50 bits per heavy atom. The van der Waals surface area contributed by atoms with Crippen molar-refractivity contribution in [2.75, 3.05) is 6.54 Å². The van der Waals surface area contributed by atoms with Crippen LogP contribution in [0.4, 0.5) is 0 Å². The first kappa shape index (κ1) is 13.7. The molecule has 5 heteroatoms. The van der Waals surface area contributed by atoms with Crippen LogP contribution in [-0.4, -0.2) is 11.7 Å². The highest BCUT2D eigenvalue weighted by Gasteiger charge is 2.11. The minimum absolute atomic E-state index is 0. The highest BCUT2D eigenvalue weighted by molar-refractivity contribution is 9.10. The number of phenols is 1. The van der Waals surface area contributed by atoms with Gasteiger partial charge in [-0.25, -0.2) is 0 Å². The molecular weight excluding hydrogens is 267 g/mol. The summed E-state index contributed by atoms with van der Waals surface area (Å²) in [6.07, 6.45) is 0. The number of hydrogen-bond donors (Lipinski definition) is 3. The third-order valence-corrected chi connectivity index (χ3v) is 2.41. The molecule has 0 saturated heterocycles. The van der Waals surface area contributed by atoms with E-state index < -0.39 is 0 Å². The molecule has 80 valence electrons. The van der Waals surface area contributed by atoms with Crippen molar-refractivity contribution in [2.24, 2.45) is 11.5 Å². The summed E-state index contributed by atoms with van der Waals surface area (Å²) in [6, 6.07) is 3.32. The summed E-state index contributed by atoms with van der Waals surface area (Å²) in [4.78, 5) is 0. The first-order chi connectivity index (χ1) is 6.06. The second-order valence-electron chi connectivity index (χ2n) is 3.00. The number of rotatable bonds is 2. The molecule has 3 nitrogen and oxygen atoms in total. The van der Waals surface area contributed by atoms with Crippen molar-refractivity contribution in [1.29, 1.82) is 0 Å². The Morgan fingerprint density at radius 3 is 2.57 bits per heavy atom. The zero-order chi connectivity index (χ0) is 10.0. The molecule has 0 bridgehead atoms. The van der Waals surface area contributed by atoms with Crippen molar-refractivity contribution >= 4 is 28.3 Å². The minimum Gasteiger partial charge on any atom is -0.507 e. The van der Waals surface area contributed by atoms with Crippen molar-refractivity contribution in [3.05, 3.63) is 27.7 Å². The maximum atomic E-state index is 9.67. The van der Waals surface area contributed by atoms with Crippen molar-refractivity contribution in [3.63, 3.8) is 0 Å². The zero-order valence-electron chi connectivity index (χ0n) is 7.83. The summed E-state index contributed by atoms with van der Waals surface area (Å²) in [5.41, 5.74) is 12.6. The number of aryl methyl sites for hydroxylation is 1. The van der Waals surface area contributed by atoms with Crippen molar-refractivity contribution < 1.29 is 5.11 Å². The molecule has 0 saturated carbocycles. The topological polar surface area (TPSA) is 72.3 Å². The third-order valence-electron chi connectivity index (χ3n) is 1.95. The molecule has 0 amide bonds. The van der Waals surface area contributed by atoms with E-state index in [1.807, 2.05) is 13.0 Å². The molecule has 0 aromatic heterocycles. The van der Waals surface area contributed by atoms with Gasteiger partial charge in [0, 0.05) is 22.6 Å². The Bertz CT molecular complexity index is 320. The van der Waals surface area contributed by atoms with E-state index >= 15 is 0 Å². The number of halogens is 2. The molecule has 0 spiro atoms. The molecule has 0 radical (unpaired) electrons. The molecule has 1 atom stereocenters. The van der Waals surface area contributed by atoms with Crippen LogP contribution in [0, 0.1) is 6.92 Å². The lowest BCUT2D eigenvalue weighted by Crippen LogP contribution is -2.21. The molecule has 0 heterocycles. The van der Waals surface area contributed by atoms with Crippen molar-refractivity contribution in [3.8, 4) is 5.75 Å². The summed E-state index contributed by atoms with van der Waals surface area (Å²) in [6.45, 7) is 2.15. The van der Waals surface area contributed by atoms with Gasteiger partial charge >= 0.3 is 0 Å². The van der Waals surface area contributed by atoms with Gasteiger partial charge in [0.25, 0.3) is 0 Å². The lowest BCUT2D eigenvalue weighted by atomic mass is 10.0. The van der Waals surface area contributed by atoms with Crippen LogP contribution in [0.3, 0.4) is 0 Å². The summed E-state index contributed by atoms with van der Waals surface area (Å²) < 4.78 is 0.904. The van der Waals surface area contributed by atoms with E-state index in [1.54, 1.807) is 6.07 Å². The fraction of sp³-hybridized carbons (Fsp3) is 0.333. The maximum Gasteiger partial charge on any atom is 0.123 e. The van der Waals surface area contributed by atoms with Crippen LogP contribution >= 0.6 is 28.3 Å². The Labute approximate surface area is 98.0 Å². The van der Waals surface area contributed by atoms with Crippen LogP contribution in [0.1, 0.15) is 17.2 Å².